The van der Waals surface area contributed by atoms with Gasteiger partial charge in [-0.2, -0.15) is 0 Å². The normalized spacial score (nSPS) is 22.2. The second-order valence-electron chi connectivity index (χ2n) is 4.09. The summed E-state index contributed by atoms with van der Waals surface area (Å²) in [5.74, 6) is 0.512. The minimum absolute atomic E-state index is 0.116. The number of likely N-dealkylation sites (tertiary alicyclic amines) is 1. The molecule has 2 amide bonds. The van der Waals surface area contributed by atoms with Crippen LogP contribution in [0.4, 0.5) is 4.79 Å². The van der Waals surface area contributed by atoms with E-state index in [-0.39, 0.29) is 6.03 Å². The molecule has 0 aromatic carbocycles. The van der Waals surface area contributed by atoms with Gasteiger partial charge in [0.1, 0.15) is 0 Å². The molecule has 1 aliphatic rings. The summed E-state index contributed by atoms with van der Waals surface area (Å²) in [6.07, 6.45) is 2.26. The molecule has 0 aliphatic carbocycles. The Morgan fingerprint density at radius 1 is 1.57 bits per heavy atom. The molecule has 0 bridgehead atoms. The minimum atomic E-state index is 0.116. The first-order valence-electron chi connectivity index (χ1n) is 5.10. The van der Waals surface area contributed by atoms with E-state index >= 15 is 0 Å². The predicted molar refractivity (Wildman–Crippen MR) is 55.3 cm³/mol. The summed E-state index contributed by atoms with van der Waals surface area (Å²) >= 11 is 0. The zero-order chi connectivity index (χ0) is 10.6. The molecular formula is C10H20N2O2. The molecule has 14 heavy (non-hydrogen) atoms. The van der Waals surface area contributed by atoms with E-state index in [2.05, 4.69) is 0 Å². The topological polar surface area (TPSA) is 32.8 Å². The van der Waals surface area contributed by atoms with Crippen LogP contribution in [-0.4, -0.2) is 56.7 Å². The van der Waals surface area contributed by atoms with Crippen LogP contribution in [-0.2, 0) is 4.74 Å². The molecule has 0 aromatic rings. The molecule has 1 heterocycles. The average Bonchev–Trinajstić information content (AvgIpc) is 2.17. The minimum Gasteiger partial charge on any atom is -0.384 e. The van der Waals surface area contributed by atoms with E-state index in [1.807, 2.05) is 4.90 Å². The lowest BCUT2D eigenvalue weighted by atomic mass is 9.99. The van der Waals surface area contributed by atoms with E-state index < -0.39 is 0 Å². The standard InChI is InChI=1S/C10H20N2O2/c1-11(2)10(13)12-6-4-5-9(7-12)8-14-3/h9H,4-8H2,1-3H3. The van der Waals surface area contributed by atoms with Crippen molar-refractivity contribution in [2.75, 3.05) is 40.9 Å². The Kier molecular flexibility index (Phi) is 4.20. The number of piperidine rings is 1. The third-order valence-electron chi connectivity index (χ3n) is 2.57. The zero-order valence-corrected chi connectivity index (χ0v) is 9.32. The second-order valence-corrected chi connectivity index (χ2v) is 4.09. The first-order valence-corrected chi connectivity index (χ1v) is 5.10. The number of hydrogen-bond acceptors (Lipinski definition) is 2. The average molecular weight is 200 g/mol. The number of carbonyl (C=O) groups is 1. The zero-order valence-electron chi connectivity index (χ0n) is 9.32. The van der Waals surface area contributed by atoms with Gasteiger partial charge in [-0.1, -0.05) is 0 Å². The fourth-order valence-corrected chi connectivity index (χ4v) is 1.89. The van der Waals surface area contributed by atoms with Gasteiger partial charge >= 0.3 is 6.03 Å². The van der Waals surface area contributed by atoms with Gasteiger partial charge in [-0.25, -0.2) is 4.79 Å². The number of amides is 2. The van der Waals surface area contributed by atoms with Gasteiger partial charge in [-0.15, -0.1) is 0 Å². The van der Waals surface area contributed by atoms with E-state index in [0.29, 0.717) is 5.92 Å². The van der Waals surface area contributed by atoms with Gasteiger partial charge in [0.2, 0.25) is 0 Å². The molecule has 0 N–H and O–H groups in total. The highest BCUT2D eigenvalue weighted by atomic mass is 16.5. The maximum Gasteiger partial charge on any atom is 0.319 e. The number of carbonyl (C=O) groups excluding carboxylic acids is 1. The molecular weight excluding hydrogens is 180 g/mol. The van der Waals surface area contributed by atoms with Crippen LogP contribution in [0.3, 0.4) is 0 Å². The Labute approximate surface area is 85.8 Å². The first-order chi connectivity index (χ1) is 6.65. The maximum absolute atomic E-state index is 11.7. The van der Waals surface area contributed by atoms with Gasteiger partial charge in [0.25, 0.3) is 0 Å². The van der Waals surface area contributed by atoms with E-state index in [4.69, 9.17) is 4.74 Å². The quantitative estimate of drug-likeness (QED) is 0.667. The summed E-state index contributed by atoms with van der Waals surface area (Å²) in [6, 6.07) is 0.116. The molecule has 0 saturated carbocycles. The van der Waals surface area contributed by atoms with Crippen LogP contribution in [0.5, 0.6) is 0 Å². The highest BCUT2D eigenvalue weighted by Gasteiger charge is 2.24. The fraction of sp³-hybridized carbons (Fsp3) is 0.900. The smallest absolute Gasteiger partial charge is 0.319 e. The van der Waals surface area contributed by atoms with Gasteiger partial charge in [0.05, 0.1) is 6.61 Å². The molecule has 82 valence electrons. The largest absolute Gasteiger partial charge is 0.384 e. The SMILES string of the molecule is COCC1CCCN(C(=O)N(C)C)C1. The molecule has 1 fully saturated rings. The Morgan fingerprint density at radius 3 is 2.86 bits per heavy atom. The Hall–Kier alpha value is -0.770. The van der Waals surface area contributed by atoms with Crippen molar-refractivity contribution in [2.24, 2.45) is 5.92 Å². The molecule has 0 aromatic heterocycles. The van der Waals surface area contributed by atoms with Crippen molar-refractivity contribution in [3.8, 4) is 0 Å². The van der Waals surface area contributed by atoms with Gasteiger partial charge in [-0.3, -0.25) is 0 Å². The molecule has 0 radical (unpaired) electrons. The molecule has 1 atom stereocenters. The third-order valence-corrected chi connectivity index (χ3v) is 2.57. The summed E-state index contributed by atoms with van der Waals surface area (Å²) < 4.78 is 5.12. The molecule has 1 saturated heterocycles. The lowest BCUT2D eigenvalue weighted by Gasteiger charge is -2.34. The van der Waals surface area contributed by atoms with Crippen molar-refractivity contribution in [3.63, 3.8) is 0 Å². The maximum atomic E-state index is 11.7. The number of ether oxygens (including phenoxy) is 1. The van der Waals surface area contributed by atoms with Crippen LogP contribution >= 0.6 is 0 Å². The second kappa shape index (κ2) is 5.20. The molecule has 4 nitrogen and oxygen atoms in total. The van der Waals surface area contributed by atoms with E-state index in [0.717, 1.165) is 26.1 Å². The molecule has 1 rings (SSSR count). The van der Waals surface area contributed by atoms with Crippen molar-refractivity contribution in [2.45, 2.75) is 12.8 Å². The van der Waals surface area contributed by atoms with Crippen molar-refractivity contribution in [1.29, 1.82) is 0 Å². The van der Waals surface area contributed by atoms with Crippen molar-refractivity contribution in [3.05, 3.63) is 0 Å². The number of rotatable bonds is 2. The van der Waals surface area contributed by atoms with Crippen LogP contribution in [0, 0.1) is 5.92 Å². The number of hydrogen-bond donors (Lipinski definition) is 0. The molecule has 1 aliphatic heterocycles. The van der Waals surface area contributed by atoms with E-state index in [1.165, 1.54) is 6.42 Å². The number of nitrogens with zero attached hydrogens (tertiary/aromatic N) is 2. The first kappa shape index (κ1) is 11.3. The molecule has 0 spiro atoms. The number of methoxy groups -OCH3 is 1. The van der Waals surface area contributed by atoms with Gasteiger partial charge < -0.3 is 14.5 Å². The summed E-state index contributed by atoms with van der Waals surface area (Å²) in [7, 11) is 5.30. The highest BCUT2D eigenvalue weighted by molar-refractivity contribution is 5.73. The predicted octanol–water partition coefficient (Wildman–Crippen LogP) is 1.03. The summed E-state index contributed by atoms with van der Waals surface area (Å²) in [5, 5.41) is 0. The summed E-state index contributed by atoms with van der Waals surface area (Å²) in [5.41, 5.74) is 0. The van der Waals surface area contributed by atoms with E-state index in [9.17, 15) is 4.79 Å². The molecule has 4 heteroatoms. The van der Waals surface area contributed by atoms with Gasteiger partial charge in [-0.05, 0) is 12.8 Å². The summed E-state index contributed by atoms with van der Waals surface area (Å²) in [6.45, 7) is 2.49. The van der Waals surface area contributed by atoms with Crippen LogP contribution in [0.25, 0.3) is 0 Å². The molecule has 1 unspecified atom stereocenters. The third kappa shape index (κ3) is 2.87. The Bertz CT molecular complexity index is 193. The Morgan fingerprint density at radius 2 is 2.29 bits per heavy atom. The van der Waals surface area contributed by atoms with Crippen LogP contribution in [0.1, 0.15) is 12.8 Å². The van der Waals surface area contributed by atoms with Crippen LogP contribution in [0.15, 0.2) is 0 Å². The van der Waals surface area contributed by atoms with Crippen molar-refractivity contribution < 1.29 is 9.53 Å². The fourth-order valence-electron chi connectivity index (χ4n) is 1.89. The lowest BCUT2D eigenvalue weighted by molar-refractivity contribution is 0.0928. The van der Waals surface area contributed by atoms with Crippen LogP contribution < -0.4 is 0 Å². The van der Waals surface area contributed by atoms with Crippen LogP contribution in [0.2, 0.25) is 0 Å². The van der Waals surface area contributed by atoms with Crippen molar-refractivity contribution >= 4 is 6.03 Å². The lowest BCUT2D eigenvalue weighted by Crippen LogP contribution is -2.45. The Balaban J connectivity index is 2.43. The van der Waals surface area contributed by atoms with Gasteiger partial charge in [0.15, 0.2) is 0 Å². The number of urea groups is 1. The summed E-state index contributed by atoms with van der Waals surface area (Å²) in [4.78, 5) is 15.2. The van der Waals surface area contributed by atoms with E-state index in [1.54, 1.807) is 26.1 Å². The highest BCUT2D eigenvalue weighted by Crippen LogP contribution is 2.17. The van der Waals surface area contributed by atoms with Gasteiger partial charge in [0, 0.05) is 40.2 Å². The monoisotopic (exact) mass is 200 g/mol. The van der Waals surface area contributed by atoms with Crippen molar-refractivity contribution in [1.82, 2.24) is 9.80 Å².